The third-order valence-electron chi connectivity index (χ3n) is 5.31. The molecule has 1 N–H and O–H groups in total. The molecular formula is C24H32N2O4S. The SMILES string of the molecule is CC(C)OCCCNC(=O)CCc1ccc(S(=O)(=O)N2CCCc3ccccc32)cc1. The number of nitrogens with zero attached hydrogens (tertiary/aromatic N) is 1. The zero-order valence-electron chi connectivity index (χ0n) is 18.3. The predicted molar refractivity (Wildman–Crippen MR) is 123 cm³/mol. The number of carbonyl (C=O) groups excluding carboxylic acids is 1. The quantitative estimate of drug-likeness (QED) is 0.567. The van der Waals surface area contributed by atoms with Crippen LogP contribution in [0.25, 0.3) is 0 Å². The molecule has 0 saturated heterocycles. The number of anilines is 1. The van der Waals surface area contributed by atoms with Crippen molar-refractivity contribution in [2.24, 2.45) is 0 Å². The monoisotopic (exact) mass is 444 g/mol. The second-order valence-electron chi connectivity index (χ2n) is 8.08. The summed E-state index contributed by atoms with van der Waals surface area (Å²) < 4.78 is 33.3. The van der Waals surface area contributed by atoms with Crippen LogP contribution in [0.2, 0.25) is 0 Å². The van der Waals surface area contributed by atoms with E-state index in [2.05, 4.69) is 5.32 Å². The summed E-state index contributed by atoms with van der Waals surface area (Å²) in [4.78, 5) is 12.3. The van der Waals surface area contributed by atoms with Gasteiger partial charge in [-0.15, -0.1) is 0 Å². The van der Waals surface area contributed by atoms with Crippen LogP contribution in [0.3, 0.4) is 0 Å². The first-order valence-corrected chi connectivity index (χ1v) is 12.4. The maximum atomic E-state index is 13.2. The van der Waals surface area contributed by atoms with Gasteiger partial charge >= 0.3 is 0 Å². The molecule has 0 saturated carbocycles. The third kappa shape index (κ3) is 6.31. The summed E-state index contributed by atoms with van der Waals surface area (Å²) in [5.41, 5.74) is 2.78. The van der Waals surface area contributed by atoms with E-state index in [1.807, 2.05) is 38.1 Å². The van der Waals surface area contributed by atoms with Crippen molar-refractivity contribution in [2.45, 2.75) is 57.0 Å². The first-order valence-electron chi connectivity index (χ1n) is 11.0. The van der Waals surface area contributed by atoms with Crippen LogP contribution in [0.1, 0.15) is 44.2 Å². The maximum Gasteiger partial charge on any atom is 0.264 e. The third-order valence-corrected chi connectivity index (χ3v) is 7.14. The number of ether oxygens (including phenoxy) is 1. The Hall–Kier alpha value is -2.38. The lowest BCUT2D eigenvalue weighted by atomic mass is 10.0. The number of aryl methyl sites for hydroxylation is 2. The van der Waals surface area contributed by atoms with Crippen LogP contribution in [0.5, 0.6) is 0 Å². The lowest BCUT2D eigenvalue weighted by Gasteiger charge is -2.30. The number of hydrogen-bond acceptors (Lipinski definition) is 4. The fourth-order valence-electron chi connectivity index (χ4n) is 3.67. The summed E-state index contributed by atoms with van der Waals surface area (Å²) >= 11 is 0. The number of fused-ring (bicyclic) bond motifs is 1. The zero-order chi connectivity index (χ0) is 22.3. The molecule has 1 heterocycles. The Morgan fingerprint density at radius 2 is 1.87 bits per heavy atom. The molecule has 0 bridgehead atoms. The van der Waals surface area contributed by atoms with Gasteiger partial charge in [-0.2, -0.15) is 0 Å². The van der Waals surface area contributed by atoms with Gasteiger partial charge in [-0.25, -0.2) is 8.42 Å². The molecular weight excluding hydrogens is 412 g/mol. The molecule has 0 aromatic heterocycles. The van der Waals surface area contributed by atoms with Crippen molar-refractivity contribution < 1.29 is 17.9 Å². The zero-order valence-corrected chi connectivity index (χ0v) is 19.2. The van der Waals surface area contributed by atoms with E-state index in [0.717, 1.165) is 36.1 Å². The number of hydrogen-bond donors (Lipinski definition) is 1. The topological polar surface area (TPSA) is 75.7 Å². The molecule has 1 aliphatic rings. The van der Waals surface area contributed by atoms with E-state index in [1.165, 1.54) is 4.31 Å². The normalized spacial score (nSPS) is 13.8. The summed E-state index contributed by atoms with van der Waals surface area (Å²) in [5.74, 6) is -0.00818. The molecule has 6 nitrogen and oxygen atoms in total. The Labute approximate surface area is 185 Å². The molecule has 31 heavy (non-hydrogen) atoms. The highest BCUT2D eigenvalue weighted by Crippen LogP contribution is 2.31. The molecule has 2 aromatic carbocycles. The highest BCUT2D eigenvalue weighted by molar-refractivity contribution is 7.92. The van der Waals surface area contributed by atoms with Gasteiger partial charge in [0.1, 0.15) is 0 Å². The molecule has 0 atom stereocenters. The number of amides is 1. The van der Waals surface area contributed by atoms with Crippen molar-refractivity contribution in [3.05, 3.63) is 59.7 Å². The van der Waals surface area contributed by atoms with E-state index >= 15 is 0 Å². The Bertz CT molecular complexity index is 971. The van der Waals surface area contributed by atoms with Gasteiger partial charge in [-0.3, -0.25) is 9.10 Å². The lowest BCUT2D eigenvalue weighted by molar-refractivity contribution is -0.121. The average molecular weight is 445 g/mol. The molecule has 7 heteroatoms. The van der Waals surface area contributed by atoms with Crippen molar-refractivity contribution in [2.75, 3.05) is 24.0 Å². The minimum absolute atomic E-state index is 0.00818. The molecule has 0 fully saturated rings. The van der Waals surface area contributed by atoms with Crippen molar-refractivity contribution in [1.29, 1.82) is 0 Å². The van der Waals surface area contributed by atoms with Crippen LogP contribution in [0, 0.1) is 0 Å². The highest BCUT2D eigenvalue weighted by atomic mass is 32.2. The summed E-state index contributed by atoms with van der Waals surface area (Å²) in [6.45, 7) is 5.69. The number of sulfonamides is 1. The van der Waals surface area contributed by atoms with Crippen molar-refractivity contribution >= 4 is 21.6 Å². The first kappa shape index (κ1) is 23.3. The van der Waals surface area contributed by atoms with Gasteiger partial charge < -0.3 is 10.1 Å². The highest BCUT2D eigenvalue weighted by Gasteiger charge is 2.28. The summed E-state index contributed by atoms with van der Waals surface area (Å²) in [6, 6.07) is 14.6. The summed E-state index contributed by atoms with van der Waals surface area (Å²) in [7, 11) is -3.60. The largest absolute Gasteiger partial charge is 0.379 e. The number of para-hydroxylation sites is 1. The smallest absolute Gasteiger partial charge is 0.264 e. The van der Waals surface area contributed by atoms with Crippen molar-refractivity contribution in [1.82, 2.24) is 5.32 Å². The summed E-state index contributed by atoms with van der Waals surface area (Å²) in [6.07, 6.45) is 3.64. The van der Waals surface area contributed by atoms with E-state index in [4.69, 9.17) is 4.74 Å². The van der Waals surface area contributed by atoms with E-state index in [0.29, 0.717) is 32.5 Å². The second kappa shape index (κ2) is 10.8. The van der Waals surface area contributed by atoms with E-state index in [1.54, 1.807) is 24.3 Å². The lowest BCUT2D eigenvalue weighted by Crippen LogP contribution is -2.35. The van der Waals surface area contributed by atoms with Crippen molar-refractivity contribution in [3.63, 3.8) is 0 Å². The number of carbonyl (C=O) groups is 1. The number of benzene rings is 2. The summed E-state index contributed by atoms with van der Waals surface area (Å²) in [5, 5.41) is 2.89. The van der Waals surface area contributed by atoms with Gasteiger partial charge in [0.05, 0.1) is 16.7 Å². The predicted octanol–water partition coefficient (Wildman–Crippen LogP) is 3.69. The minimum Gasteiger partial charge on any atom is -0.379 e. The Kier molecular flexibility index (Phi) is 8.09. The van der Waals surface area contributed by atoms with E-state index < -0.39 is 10.0 Å². The molecule has 3 rings (SSSR count). The minimum atomic E-state index is -3.60. The maximum absolute atomic E-state index is 13.2. The van der Waals surface area contributed by atoms with Gasteiger partial charge in [0.25, 0.3) is 10.0 Å². The van der Waals surface area contributed by atoms with Gasteiger partial charge in [-0.1, -0.05) is 30.3 Å². The van der Waals surface area contributed by atoms with E-state index in [-0.39, 0.29) is 16.9 Å². The Balaban J connectivity index is 1.54. The molecule has 1 amide bonds. The first-order chi connectivity index (χ1) is 14.9. The van der Waals surface area contributed by atoms with Crippen LogP contribution < -0.4 is 9.62 Å². The molecule has 168 valence electrons. The van der Waals surface area contributed by atoms with Gasteiger partial charge in [0.2, 0.25) is 5.91 Å². The second-order valence-corrected chi connectivity index (χ2v) is 9.94. The fraction of sp³-hybridized carbons (Fsp3) is 0.458. The van der Waals surface area contributed by atoms with Gasteiger partial charge in [-0.05, 0) is 68.9 Å². The fourth-order valence-corrected chi connectivity index (χ4v) is 5.21. The standard InChI is InChI=1S/C24H32N2O4S/c1-19(2)30-18-6-16-25-24(27)15-12-20-10-13-22(14-11-20)31(28,29)26-17-5-8-21-7-3-4-9-23(21)26/h3-4,7,9-11,13-14,19H,5-6,8,12,15-18H2,1-2H3,(H,25,27). The van der Waals surface area contributed by atoms with Crippen LogP contribution in [-0.4, -0.2) is 40.1 Å². The van der Waals surface area contributed by atoms with Crippen LogP contribution in [0.15, 0.2) is 53.4 Å². The van der Waals surface area contributed by atoms with Crippen molar-refractivity contribution in [3.8, 4) is 0 Å². The van der Waals surface area contributed by atoms with Crippen LogP contribution >= 0.6 is 0 Å². The Morgan fingerprint density at radius 3 is 2.61 bits per heavy atom. The van der Waals surface area contributed by atoms with Crippen LogP contribution in [-0.2, 0) is 32.4 Å². The number of rotatable bonds is 10. The molecule has 0 radical (unpaired) electrons. The molecule has 0 aliphatic carbocycles. The molecule has 2 aromatic rings. The van der Waals surface area contributed by atoms with Gasteiger partial charge in [0.15, 0.2) is 0 Å². The average Bonchev–Trinajstić information content (AvgIpc) is 2.77. The number of nitrogens with one attached hydrogen (secondary N) is 1. The molecule has 1 aliphatic heterocycles. The molecule has 0 unspecified atom stereocenters. The Morgan fingerprint density at radius 1 is 1.13 bits per heavy atom. The van der Waals surface area contributed by atoms with Gasteiger partial charge in [0, 0.05) is 26.1 Å². The van der Waals surface area contributed by atoms with Crippen LogP contribution in [0.4, 0.5) is 5.69 Å². The molecule has 0 spiro atoms. The van der Waals surface area contributed by atoms with E-state index in [9.17, 15) is 13.2 Å².